The predicted molar refractivity (Wildman–Crippen MR) is 116 cm³/mol. The molecule has 1 aliphatic rings. The Morgan fingerprint density at radius 1 is 1.42 bits per heavy atom. The van der Waals surface area contributed by atoms with Crippen LogP contribution in [0, 0.1) is 0 Å². The molecule has 1 aliphatic heterocycles. The Balaban J connectivity index is 1.71. The molecule has 2 aromatic heterocycles. The minimum absolute atomic E-state index is 0.0928. The summed E-state index contributed by atoms with van der Waals surface area (Å²) in [6, 6.07) is 5.75. The largest absolute Gasteiger partial charge is 0.495 e. The molecule has 2 unspecified atom stereocenters. The molecular formula is C19H15BrClF3N4O2S. The van der Waals surface area contributed by atoms with Gasteiger partial charge in [-0.2, -0.15) is 18.3 Å². The molecule has 1 amide bonds. The first-order chi connectivity index (χ1) is 14.7. The smallest absolute Gasteiger partial charge is 0.410 e. The number of alkyl halides is 3. The van der Waals surface area contributed by atoms with Crippen LogP contribution in [0.5, 0.6) is 5.75 Å². The van der Waals surface area contributed by atoms with Crippen LogP contribution in [0.2, 0.25) is 5.02 Å². The van der Waals surface area contributed by atoms with Gasteiger partial charge in [0, 0.05) is 16.3 Å². The van der Waals surface area contributed by atoms with Gasteiger partial charge >= 0.3 is 6.18 Å². The molecule has 3 heterocycles. The minimum Gasteiger partial charge on any atom is -0.495 e. The van der Waals surface area contributed by atoms with Crippen LogP contribution in [0.4, 0.5) is 24.7 Å². The second-order valence-corrected chi connectivity index (χ2v) is 8.97. The third kappa shape index (κ3) is 4.26. The van der Waals surface area contributed by atoms with Crippen LogP contribution in [0.25, 0.3) is 0 Å². The van der Waals surface area contributed by atoms with E-state index in [-0.39, 0.29) is 28.1 Å². The van der Waals surface area contributed by atoms with Gasteiger partial charge in [0.15, 0.2) is 11.7 Å². The van der Waals surface area contributed by atoms with E-state index in [0.717, 1.165) is 9.56 Å². The molecule has 1 aromatic carbocycles. The van der Waals surface area contributed by atoms with Crippen molar-refractivity contribution in [3.8, 4) is 5.75 Å². The van der Waals surface area contributed by atoms with Crippen LogP contribution >= 0.6 is 38.9 Å². The quantitative estimate of drug-likeness (QED) is 0.413. The second-order valence-electron chi connectivity index (χ2n) is 6.76. The summed E-state index contributed by atoms with van der Waals surface area (Å²) in [5.74, 6) is -0.262. The molecule has 0 spiro atoms. The number of anilines is 2. The number of carbonyl (C=O) groups is 1. The van der Waals surface area contributed by atoms with Crippen molar-refractivity contribution in [2.75, 3.05) is 17.7 Å². The zero-order valence-corrected chi connectivity index (χ0v) is 19.0. The van der Waals surface area contributed by atoms with Gasteiger partial charge in [-0.05, 0) is 45.6 Å². The van der Waals surface area contributed by atoms with Crippen LogP contribution in [-0.4, -0.2) is 29.0 Å². The maximum Gasteiger partial charge on any atom is 0.410 e. The summed E-state index contributed by atoms with van der Waals surface area (Å²) in [5, 5.41) is 11.8. The highest BCUT2D eigenvalue weighted by atomic mass is 79.9. The topological polar surface area (TPSA) is 68.2 Å². The Kier molecular flexibility index (Phi) is 5.93. The number of benzene rings is 1. The number of halogens is 5. The summed E-state index contributed by atoms with van der Waals surface area (Å²) in [4.78, 5) is 13.6. The first-order valence-corrected chi connectivity index (χ1v) is 11.0. The summed E-state index contributed by atoms with van der Waals surface area (Å²) in [6.07, 6.45) is -4.78. The lowest BCUT2D eigenvalue weighted by Crippen LogP contribution is -2.35. The van der Waals surface area contributed by atoms with E-state index < -0.39 is 24.2 Å². The van der Waals surface area contributed by atoms with Crippen LogP contribution in [0.1, 0.15) is 33.9 Å². The molecule has 0 fully saturated rings. The van der Waals surface area contributed by atoms with Gasteiger partial charge in [-0.25, -0.2) is 4.68 Å². The number of fused-ring (bicyclic) bond motifs is 1. The highest BCUT2D eigenvalue weighted by Crippen LogP contribution is 2.47. The predicted octanol–water partition coefficient (Wildman–Crippen LogP) is 6.28. The lowest BCUT2D eigenvalue weighted by Gasteiger charge is -2.33. The lowest BCUT2D eigenvalue weighted by atomic mass is 10.0. The molecule has 164 valence electrons. The molecule has 0 radical (unpaired) electrons. The van der Waals surface area contributed by atoms with Gasteiger partial charge in [0.25, 0.3) is 5.91 Å². The van der Waals surface area contributed by atoms with Gasteiger partial charge in [-0.1, -0.05) is 17.7 Å². The number of hydrogen-bond donors (Lipinski definition) is 2. The van der Waals surface area contributed by atoms with E-state index in [4.69, 9.17) is 16.3 Å². The number of nitrogens with one attached hydrogen (secondary N) is 2. The molecule has 6 nitrogen and oxygen atoms in total. The average Bonchev–Trinajstić information content (AvgIpc) is 3.35. The summed E-state index contributed by atoms with van der Waals surface area (Å²) in [7, 11) is 1.42. The fourth-order valence-electron chi connectivity index (χ4n) is 3.37. The van der Waals surface area contributed by atoms with Gasteiger partial charge in [-0.15, -0.1) is 11.3 Å². The Hall–Kier alpha value is -2.24. The molecule has 3 aromatic rings. The Morgan fingerprint density at radius 2 is 2.19 bits per heavy atom. The molecule has 2 N–H and O–H groups in total. The number of nitrogens with zero attached hydrogens (tertiary/aromatic N) is 2. The number of aromatic nitrogens is 2. The van der Waals surface area contributed by atoms with Crippen molar-refractivity contribution in [1.29, 1.82) is 0 Å². The summed E-state index contributed by atoms with van der Waals surface area (Å²) in [5.41, 5.74) is 0.0836. The Labute approximate surface area is 192 Å². The van der Waals surface area contributed by atoms with E-state index in [1.54, 1.807) is 29.6 Å². The highest BCUT2D eigenvalue weighted by Gasteiger charge is 2.48. The van der Waals surface area contributed by atoms with Crippen molar-refractivity contribution in [2.24, 2.45) is 0 Å². The van der Waals surface area contributed by atoms with Gasteiger partial charge in [0.2, 0.25) is 0 Å². The molecule has 31 heavy (non-hydrogen) atoms. The van der Waals surface area contributed by atoms with E-state index in [2.05, 4.69) is 31.7 Å². The van der Waals surface area contributed by atoms with Crippen LogP contribution < -0.4 is 15.4 Å². The first-order valence-electron chi connectivity index (χ1n) is 8.98. The molecule has 0 saturated heterocycles. The molecule has 0 saturated carbocycles. The summed E-state index contributed by atoms with van der Waals surface area (Å²) < 4.78 is 47.7. The first kappa shape index (κ1) is 22.0. The van der Waals surface area contributed by atoms with Crippen molar-refractivity contribution < 1.29 is 22.7 Å². The molecule has 0 aliphatic carbocycles. The molecule has 4 rings (SSSR count). The fraction of sp³-hybridized carbons (Fsp3) is 0.263. The van der Waals surface area contributed by atoms with Gasteiger partial charge in [-0.3, -0.25) is 4.79 Å². The van der Waals surface area contributed by atoms with Crippen LogP contribution in [0.15, 0.2) is 40.2 Å². The Bertz CT molecular complexity index is 1120. The molecule has 2 atom stereocenters. The number of thiophene rings is 1. The normalized spacial score (nSPS) is 18.3. The summed E-state index contributed by atoms with van der Waals surface area (Å²) in [6.45, 7) is 0. The summed E-state index contributed by atoms with van der Waals surface area (Å²) >= 11 is 10.6. The van der Waals surface area contributed by atoms with E-state index in [1.165, 1.54) is 24.5 Å². The lowest BCUT2D eigenvalue weighted by molar-refractivity contribution is -0.173. The Morgan fingerprint density at radius 3 is 2.84 bits per heavy atom. The van der Waals surface area contributed by atoms with E-state index in [0.29, 0.717) is 10.8 Å². The fourth-order valence-corrected chi connectivity index (χ4v) is 4.89. The molecule has 0 bridgehead atoms. The van der Waals surface area contributed by atoms with Crippen molar-refractivity contribution in [2.45, 2.75) is 24.7 Å². The van der Waals surface area contributed by atoms with Crippen LogP contribution in [-0.2, 0) is 0 Å². The second kappa shape index (κ2) is 8.36. The number of hydrogen-bond acceptors (Lipinski definition) is 5. The molecular weight excluding hydrogens is 521 g/mol. The van der Waals surface area contributed by atoms with Crippen molar-refractivity contribution >= 4 is 56.3 Å². The number of methoxy groups -OCH3 is 1. The molecule has 12 heteroatoms. The zero-order valence-electron chi connectivity index (χ0n) is 15.8. The third-order valence-electron chi connectivity index (χ3n) is 4.81. The van der Waals surface area contributed by atoms with Crippen molar-refractivity contribution in [3.05, 3.63) is 55.8 Å². The van der Waals surface area contributed by atoms with E-state index >= 15 is 0 Å². The standard InChI is InChI=1S/C19H15BrClF3N4O2S/c1-30-12-5-4-9(21)7-10(12)26-18(29)16-15(20)17-25-11(13-3-2-6-31-13)8-14(19(22,23)24)28(17)27-16/h2-7,11,14,25H,8H2,1H3,(H,26,29). The van der Waals surface area contributed by atoms with Gasteiger partial charge < -0.3 is 15.4 Å². The third-order valence-corrected chi connectivity index (χ3v) is 6.78. The van der Waals surface area contributed by atoms with Crippen LogP contribution in [0.3, 0.4) is 0 Å². The average molecular weight is 536 g/mol. The zero-order chi connectivity index (χ0) is 22.3. The van der Waals surface area contributed by atoms with Crippen molar-refractivity contribution in [3.63, 3.8) is 0 Å². The number of rotatable bonds is 4. The number of carbonyl (C=O) groups excluding carboxylic acids is 1. The number of amides is 1. The highest BCUT2D eigenvalue weighted by molar-refractivity contribution is 9.10. The monoisotopic (exact) mass is 534 g/mol. The van der Waals surface area contributed by atoms with Gasteiger partial charge in [0.05, 0.1) is 23.3 Å². The maximum absolute atomic E-state index is 13.8. The van der Waals surface area contributed by atoms with Crippen molar-refractivity contribution in [1.82, 2.24) is 9.78 Å². The minimum atomic E-state index is -4.54. The van der Waals surface area contributed by atoms with E-state index in [9.17, 15) is 18.0 Å². The van der Waals surface area contributed by atoms with E-state index in [1.807, 2.05) is 0 Å². The number of ether oxygens (including phenoxy) is 1. The SMILES string of the molecule is COc1ccc(Cl)cc1NC(=O)c1nn2c(c1Br)NC(c1cccs1)CC2C(F)(F)F. The van der Waals surface area contributed by atoms with Gasteiger partial charge in [0.1, 0.15) is 11.6 Å². The maximum atomic E-state index is 13.8.